The van der Waals surface area contributed by atoms with Gasteiger partial charge in [-0.15, -0.1) is 0 Å². The van der Waals surface area contributed by atoms with Crippen molar-refractivity contribution in [2.45, 2.75) is 25.3 Å². The minimum atomic E-state index is 0.514. The fourth-order valence-corrected chi connectivity index (χ4v) is 3.39. The lowest BCUT2D eigenvalue weighted by atomic mass is 9.93. The quantitative estimate of drug-likeness (QED) is 0.876. The molecule has 0 spiro atoms. The van der Waals surface area contributed by atoms with Crippen LogP contribution in [0.15, 0.2) is 6.20 Å². The van der Waals surface area contributed by atoms with Gasteiger partial charge in [0.05, 0.1) is 6.20 Å². The molecule has 1 aliphatic carbocycles. The molecule has 112 valence electrons. The third kappa shape index (κ3) is 3.05. The summed E-state index contributed by atoms with van der Waals surface area (Å²) in [5.74, 6) is 0. The molecule has 1 fully saturated rings. The lowest BCUT2D eigenvalue weighted by Crippen LogP contribution is -2.46. The van der Waals surface area contributed by atoms with E-state index in [1.807, 2.05) is 4.68 Å². The van der Waals surface area contributed by atoms with Crippen LogP contribution in [0, 0.1) is 0 Å². The normalized spacial score (nSPS) is 24.8. The second kappa shape index (κ2) is 6.24. The van der Waals surface area contributed by atoms with Crippen molar-refractivity contribution in [3.8, 4) is 0 Å². The molecule has 0 bridgehead atoms. The van der Waals surface area contributed by atoms with E-state index in [0.717, 1.165) is 6.54 Å². The molecule has 1 saturated heterocycles. The summed E-state index contributed by atoms with van der Waals surface area (Å²) in [5.41, 5.74) is 2.85. The Morgan fingerprint density at radius 1 is 1.25 bits per heavy atom. The van der Waals surface area contributed by atoms with Crippen LogP contribution in [0.25, 0.3) is 0 Å². The Morgan fingerprint density at radius 2 is 2.05 bits per heavy atom. The van der Waals surface area contributed by atoms with Crippen molar-refractivity contribution in [2.24, 2.45) is 7.05 Å². The summed E-state index contributed by atoms with van der Waals surface area (Å²) in [6.45, 7) is 7.08. The maximum absolute atomic E-state index is 4.42. The average Bonchev–Trinajstić information content (AvgIpc) is 2.84. The Balaban J connectivity index is 1.47. The van der Waals surface area contributed by atoms with Gasteiger partial charge >= 0.3 is 0 Å². The Bertz CT molecular complexity index is 433. The zero-order valence-electron chi connectivity index (χ0n) is 12.8. The topological polar surface area (TPSA) is 36.3 Å². The third-order valence-electron chi connectivity index (χ3n) is 4.79. The second-order valence-corrected chi connectivity index (χ2v) is 6.21. The highest BCUT2D eigenvalue weighted by atomic mass is 15.3. The van der Waals surface area contributed by atoms with Crippen molar-refractivity contribution < 1.29 is 0 Å². The minimum absolute atomic E-state index is 0.514. The first-order valence-electron chi connectivity index (χ1n) is 7.89. The van der Waals surface area contributed by atoms with Crippen LogP contribution in [0.2, 0.25) is 0 Å². The Hall–Kier alpha value is -0.910. The summed E-state index contributed by atoms with van der Waals surface area (Å²) in [6.07, 6.45) is 5.77. The fourth-order valence-electron chi connectivity index (χ4n) is 3.39. The summed E-state index contributed by atoms with van der Waals surface area (Å²) in [5, 5.41) is 8.16. The van der Waals surface area contributed by atoms with Gasteiger partial charge in [-0.2, -0.15) is 5.10 Å². The van der Waals surface area contributed by atoms with E-state index in [-0.39, 0.29) is 0 Å². The van der Waals surface area contributed by atoms with Crippen LogP contribution in [-0.2, 0) is 13.5 Å². The smallest absolute Gasteiger partial charge is 0.0540 e. The van der Waals surface area contributed by atoms with Crippen LogP contribution in [0.3, 0.4) is 0 Å². The van der Waals surface area contributed by atoms with E-state index in [4.69, 9.17) is 0 Å². The van der Waals surface area contributed by atoms with Gasteiger partial charge in [0.25, 0.3) is 0 Å². The second-order valence-electron chi connectivity index (χ2n) is 6.21. The van der Waals surface area contributed by atoms with Gasteiger partial charge in [-0.25, -0.2) is 0 Å². The number of nitrogens with one attached hydrogen (secondary N) is 1. The molecule has 1 N–H and O–H groups in total. The maximum atomic E-state index is 4.42. The highest BCUT2D eigenvalue weighted by molar-refractivity contribution is 5.24. The molecule has 0 aromatic carbocycles. The highest BCUT2D eigenvalue weighted by Crippen LogP contribution is 2.28. The van der Waals surface area contributed by atoms with Gasteiger partial charge in [0.15, 0.2) is 0 Å². The summed E-state index contributed by atoms with van der Waals surface area (Å²) in [6, 6.07) is 0.514. The zero-order chi connectivity index (χ0) is 13.9. The molecule has 0 amide bonds. The summed E-state index contributed by atoms with van der Waals surface area (Å²) in [7, 11) is 4.27. The first-order chi connectivity index (χ1) is 9.74. The molecule has 3 rings (SSSR count). The summed E-state index contributed by atoms with van der Waals surface area (Å²) >= 11 is 0. The van der Waals surface area contributed by atoms with Gasteiger partial charge in [0, 0.05) is 63.6 Å². The van der Waals surface area contributed by atoms with E-state index >= 15 is 0 Å². The van der Waals surface area contributed by atoms with Crippen LogP contribution in [0.1, 0.15) is 30.1 Å². The number of hydrogen-bond donors (Lipinski definition) is 1. The molecule has 0 saturated carbocycles. The molecule has 1 aromatic heterocycles. The van der Waals surface area contributed by atoms with Crippen molar-refractivity contribution in [2.75, 3.05) is 46.3 Å². The zero-order valence-corrected chi connectivity index (χ0v) is 12.8. The van der Waals surface area contributed by atoms with Crippen LogP contribution in [0.5, 0.6) is 0 Å². The van der Waals surface area contributed by atoms with Crippen molar-refractivity contribution in [3.05, 3.63) is 17.5 Å². The molecule has 0 radical (unpaired) electrons. The summed E-state index contributed by atoms with van der Waals surface area (Å²) in [4.78, 5) is 4.98. The highest BCUT2D eigenvalue weighted by Gasteiger charge is 2.23. The molecule has 1 unspecified atom stereocenters. The van der Waals surface area contributed by atoms with Gasteiger partial charge in [0.2, 0.25) is 0 Å². The number of rotatable bonds is 4. The van der Waals surface area contributed by atoms with Gasteiger partial charge in [-0.3, -0.25) is 9.58 Å². The molecule has 1 aliphatic heterocycles. The number of fused-ring (bicyclic) bond motifs is 1. The predicted molar refractivity (Wildman–Crippen MR) is 80.8 cm³/mol. The first-order valence-corrected chi connectivity index (χ1v) is 7.89. The lowest BCUT2D eigenvalue weighted by molar-refractivity contribution is 0.153. The Morgan fingerprint density at radius 3 is 2.85 bits per heavy atom. The lowest BCUT2D eigenvalue weighted by Gasteiger charge is -2.33. The molecule has 2 heterocycles. The van der Waals surface area contributed by atoms with Crippen LogP contribution < -0.4 is 5.32 Å². The van der Waals surface area contributed by atoms with E-state index in [1.54, 1.807) is 0 Å². The van der Waals surface area contributed by atoms with Gasteiger partial charge in [0.1, 0.15) is 0 Å². The monoisotopic (exact) mass is 277 g/mol. The third-order valence-corrected chi connectivity index (χ3v) is 4.79. The van der Waals surface area contributed by atoms with Crippen molar-refractivity contribution in [1.82, 2.24) is 24.9 Å². The first kappa shape index (κ1) is 14.0. The molecule has 5 nitrogen and oxygen atoms in total. The minimum Gasteiger partial charge on any atom is -0.309 e. The number of aryl methyl sites for hydroxylation is 1. The average molecular weight is 277 g/mol. The molecule has 1 aromatic rings. The van der Waals surface area contributed by atoms with E-state index in [9.17, 15) is 0 Å². The number of aromatic nitrogens is 2. The molecular weight excluding hydrogens is 250 g/mol. The van der Waals surface area contributed by atoms with E-state index in [2.05, 4.69) is 40.5 Å². The number of likely N-dealkylation sites (N-methyl/N-ethyl adjacent to an activating group) is 1. The maximum Gasteiger partial charge on any atom is 0.0540 e. The van der Waals surface area contributed by atoms with Crippen molar-refractivity contribution >= 4 is 0 Å². The van der Waals surface area contributed by atoms with Gasteiger partial charge < -0.3 is 10.2 Å². The fraction of sp³-hybridized carbons (Fsp3) is 0.800. The molecule has 2 aliphatic rings. The molecule has 20 heavy (non-hydrogen) atoms. The van der Waals surface area contributed by atoms with Crippen molar-refractivity contribution in [1.29, 1.82) is 0 Å². The summed E-state index contributed by atoms with van der Waals surface area (Å²) < 4.78 is 2.05. The van der Waals surface area contributed by atoms with Gasteiger partial charge in [-0.1, -0.05) is 0 Å². The SMILES string of the molecule is CN1CCN(CCNC2CCCc3c2cnn3C)CC1. The number of piperazine rings is 1. The standard InChI is InChI=1S/C15H27N5/c1-18-8-10-20(11-9-18)7-6-16-14-4-3-5-15-13(14)12-17-19(15)2/h12,14,16H,3-11H2,1-2H3. The van der Waals surface area contributed by atoms with Crippen LogP contribution in [-0.4, -0.2) is 65.9 Å². The van der Waals surface area contributed by atoms with Crippen molar-refractivity contribution in [3.63, 3.8) is 0 Å². The Kier molecular flexibility index (Phi) is 4.38. The van der Waals surface area contributed by atoms with Gasteiger partial charge in [-0.05, 0) is 26.3 Å². The number of hydrogen-bond acceptors (Lipinski definition) is 4. The van der Waals surface area contributed by atoms with E-state index < -0.39 is 0 Å². The van der Waals surface area contributed by atoms with Crippen LogP contribution in [0.4, 0.5) is 0 Å². The number of nitrogens with zero attached hydrogens (tertiary/aromatic N) is 4. The predicted octanol–water partition coefficient (Wildman–Crippen LogP) is 0.635. The van der Waals surface area contributed by atoms with Crippen LogP contribution >= 0.6 is 0 Å². The van der Waals surface area contributed by atoms with E-state index in [1.165, 1.54) is 63.2 Å². The molecule has 1 atom stereocenters. The molecular formula is C15H27N5. The van der Waals surface area contributed by atoms with E-state index in [0.29, 0.717) is 6.04 Å². The Labute approximate surface area is 121 Å². The molecule has 5 heteroatoms. The largest absolute Gasteiger partial charge is 0.309 e.